The van der Waals surface area contributed by atoms with Crippen molar-refractivity contribution in [2.24, 2.45) is 0 Å². The van der Waals surface area contributed by atoms with Crippen molar-refractivity contribution in [1.29, 1.82) is 0 Å². The molecular weight excluding hydrogens is 345 g/mol. The number of imide groups is 1. The molecule has 0 unspecified atom stereocenters. The Bertz CT molecular complexity index is 962. The minimum atomic E-state index is -0.306. The van der Waals surface area contributed by atoms with Crippen molar-refractivity contribution in [3.8, 4) is 5.75 Å². The van der Waals surface area contributed by atoms with E-state index in [-0.39, 0.29) is 24.2 Å². The Morgan fingerprint density at radius 2 is 1.30 bits per heavy atom. The molecule has 27 heavy (non-hydrogen) atoms. The van der Waals surface area contributed by atoms with Gasteiger partial charge in [-0.15, -0.1) is 0 Å². The van der Waals surface area contributed by atoms with Crippen molar-refractivity contribution in [1.82, 2.24) is 4.90 Å². The zero-order valence-corrected chi connectivity index (χ0v) is 14.4. The summed E-state index contributed by atoms with van der Waals surface area (Å²) in [5.41, 5.74) is 2.69. The van der Waals surface area contributed by atoms with Crippen LogP contribution in [0.15, 0.2) is 72.8 Å². The Balaban J connectivity index is 1.40. The number of halogens is 1. The predicted molar refractivity (Wildman–Crippen MR) is 97.8 cm³/mol. The third-order valence-corrected chi connectivity index (χ3v) is 4.46. The van der Waals surface area contributed by atoms with Crippen LogP contribution < -0.4 is 4.74 Å². The first-order chi connectivity index (χ1) is 13.1. The highest BCUT2D eigenvalue weighted by molar-refractivity contribution is 6.21. The number of hydrogen-bond donors (Lipinski definition) is 0. The zero-order valence-electron chi connectivity index (χ0n) is 14.4. The summed E-state index contributed by atoms with van der Waals surface area (Å²) in [6.07, 6.45) is 0. The molecule has 0 atom stereocenters. The maximum Gasteiger partial charge on any atom is 0.261 e. The molecular formula is C22H16FNO3. The highest BCUT2D eigenvalue weighted by Crippen LogP contribution is 2.24. The van der Waals surface area contributed by atoms with Gasteiger partial charge in [0.15, 0.2) is 0 Å². The number of ether oxygens (including phenoxy) is 1. The number of fused-ring (bicyclic) bond motifs is 1. The summed E-state index contributed by atoms with van der Waals surface area (Å²) in [6, 6.07) is 20.2. The summed E-state index contributed by atoms with van der Waals surface area (Å²) < 4.78 is 18.5. The molecule has 1 aliphatic heterocycles. The fourth-order valence-corrected chi connectivity index (χ4v) is 3.00. The number of amides is 2. The van der Waals surface area contributed by atoms with E-state index >= 15 is 0 Å². The molecule has 1 heterocycles. The van der Waals surface area contributed by atoms with Crippen molar-refractivity contribution >= 4 is 11.8 Å². The molecule has 0 aromatic heterocycles. The SMILES string of the molecule is O=C1c2ccccc2C(=O)N1Cc1ccc(COc2ccc(F)cc2)cc1. The second-order valence-electron chi connectivity index (χ2n) is 6.30. The molecule has 0 radical (unpaired) electrons. The lowest BCUT2D eigenvalue weighted by atomic mass is 10.1. The number of carbonyl (C=O) groups excluding carboxylic acids is 2. The van der Waals surface area contributed by atoms with Crippen molar-refractivity contribution in [2.75, 3.05) is 0 Å². The third-order valence-electron chi connectivity index (χ3n) is 4.46. The molecule has 0 N–H and O–H groups in total. The van der Waals surface area contributed by atoms with Gasteiger partial charge in [0.1, 0.15) is 18.2 Å². The topological polar surface area (TPSA) is 46.6 Å². The molecule has 0 spiro atoms. The number of nitrogens with zero attached hydrogens (tertiary/aromatic N) is 1. The smallest absolute Gasteiger partial charge is 0.261 e. The second kappa shape index (κ2) is 7.03. The van der Waals surface area contributed by atoms with E-state index in [1.54, 1.807) is 36.4 Å². The van der Waals surface area contributed by atoms with Gasteiger partial charge in [0.2, 0.25) is 0 Å². The van der Waals surface area contributed by atoms with Crippen LogP contribution in [0.5, 0.6) is 5.75 Å². The van der Waals surface area contributed by atoms with Gasteiger partial charge >= 0.3 is 0 Å². The van der Waals surface area contributed by atoms with E-state index in [1.165, 1.54) is 17.0 Å². The molecule has 0 aliphatic carbocycles. The predicted octanol–water partition coefficient (Wildman–Crippen LogP) is 4.20. The standard InChI is InChI=1S/C22H16FNO3/c23-17-9-11-18(12-10-17)27-14-16-7-5-15(6-8-16)13-24-21(25)19-3-1-2-4-20(19)22(24)26/h1-12H,13-14H2. The summed E-state index contributed by atoms with van der Waals surface area (Å²) in [6.45, 7) is 0.574. The Labute approximate surface area is 155 Å². The van der Waals surface area contributed by atoms with Gasteiger partial charge in [-0.05, 0) is 47.5 Å². The van der Waals surface area contributed by atoms with Crippen molar-refractivity contribution in [2.45, 2.75) is 13.2 Å². The summed E-state index contributed by atoms with van der Waals surface area (Å²) >= 11 is 0. The maximum atomic E-state index is 12.9. The van der Waals surface area contributed by atoms with Crippen LogP contribution in [-0.4, -0.2) is 16.7 Å². The van der Waals surface area contributed by atoms with Crippen LogP contribution >= 0.6 is 0 Å². The summed E-state index contributed by atoms with van der Waals surface area (Å²) in [5, 5.41) is 0. The molecule has 4 rings (SSSR count). The van der Waals surface area contributed by atoms with Gasteiger partial charge in [-0.3, -0.25) is 14.5 Å². The van der Waals surface area contributed by atoms with Crippen LogP contribution in [0.4, 0.5) is 4.39 Å². The van der Waals surface area contributed by atoms with Crippen molar-refractivity contribution in [3.63, 3.8) is 0 Å². The van der Waals surface area contributed by atoms with E-state index < -0.39 is 0 Å². The molecule has 0 bridgehead atoms. The van der Waals surface area contributed by atoms with Gasteiger partial charge in [-0.2, -0.15) is 0 Å². The number of hydrogen-bond acceptors (Lipinski definition) is 3. The van der Waals surface area contributed by atoms with Gasteiger partial charge in [-0.25, -0.2) is 4.39 Å². The Morgan fingerprint density at radius 1 is 0.741 bits per heavy atom. The molecule has 3 aromatic rings. The molecule has 4 nitrogen and oxygen atoms in total. The minimum Gasteiger partial charge on any atom is -0.489 e. The Kier molecular flexibility index (Phi) is 4.42. The summed E-state index contributed by atoms with van der Waals surface area (Å²) in [4.78, 5) is 26.1. The second-order valence-corrected chi connectivity index (χ2v) is 6.30. The monoisotopic (exact) mass is 361 g/mol. The van der Waals surface area contributed by atoms with Gasteiger partial charge in [0, 0.05) is 0 Å². The van der Waals surface area contributed by atoms with Gasteiger partial charge in [0.25, 0.3) is 11.8 Å². The van der Waals surface area contributed by atoms with E-state index in [0.29, 0.717) is 23.5 Å². The Hall–Kier alpha value is -3.47. The molecule has 0 saturated heterocycles. The van der Waals surface area contributed by atoms with E-state index in [9.17, 15) is 14.0 Å². The van der Waals surface area contributed by atoms with Crippen LogP contribution in [0.25, 0.3) is 0 Å². The van der Waals surface area contributed by atoms with Crippen LogP contribution in [0, 0.1) is 5.82 Å². The average molecular weight is 361 g/mol. The first-order valence-corrected chi connectivity index (χ1v) is 8.53. The lowest BCUT2D eigenvalue weighted by Crippen LogP contribution is -2.29. The number of rotatable bonds is 5. The molecule has 1 aliphatic rings. The van der Waals surface area contributed by atoms with Crippen molar-refractivity contribution < 1.29 is 18.7 Å². The molecule has 2 amide bonds. The van der Waals surface area contributed by atoms with Crippen LogP contribution in [0.1, 0.15) is 31.8 Å². The third kappa shape index (κ3) is 3.44. The van der Waals surface area contributed by atoms with E-state index in [4.69, 9.17) is 4.74 Å². The summed E-state index contributed by atoms with van der Waals surface area (Å²) in [7, 11) is 0. The first kappa shape index (κ1) is 17.0. The minimum absolute atomic E-state index is 0.228. The fourth-order valence-electron chi connectivity index (χ4n) is 3.00. The van der Waals surface area contributed by atoms with Gasteiger partial charge < -0.3 is 4.74 Å². The fraction of sp³-hybridized carbons (Fsp3) is 0.0909. The quantitative estimate of drug-likeness (QED) is 0.640. The Morgan fingerprint density at radius 3 is 1.89 bits per heavy atom. The zero-order chi connectivity index (χ0) is 18.8. The normalized spacial score (nSPS) is 13.0. The lowest BCUT2D eigenvalue weighted by molar-refractivity contribution is 0.0642. The highest BCUT2D eigenvalue weighted by atomic mass is 19.1. The van der Waals surface area contributed by atoms with E-state index in [2.05, 4.69) is 0 Å². The first-order valence-electron chi connectivity index (χ1n) is 8.53. The molecule has 3 aromatic carbocycles. The van der Waals surface area contributed by atoms with Crippen molar-refractivity contribution in [3.05, 3.63) is 101 Å². The van der Waals surface area contributed by atoms with E-state index in [1.807, 2.05) is 24.3 Å². The lowest BCUT2D eigenvalue weighted by Gasteiger charge is -2.14. The van der Waals surface area contributed by atoms with Crippen LogP contribution in [0.3, 0.4) is 0 Å². The largest absolute Gasteiger partial charge is 0.489 e. The number of carbonyl (C=O) groups is 2. The number of benzene rings is 3. The maximum absolute atomic E-state index is 12.9. The van der Waals surface area contributed by atoms with Gasteiger partial charge in [0.05, 0.1) is 17.7 Å². The molecule has 134 valence electrons. The highest BCUT2D eigenvalue weighted by Gasteiger charge is 2.34. The van der Waals surface area contributed by atoms with E-state index in [0.717, 1.165) is 11.1 Å². The summed E-state index contributed by atoms with van der Waals surface area (Å²) in [5.74, 6) is -0.245. The average Bonchev–Trinajstić information content (AvgIpc) is 2.94. The molecule has 5 heteroatoms. The van der Waals surface area contributed by atoms with Gasteiger partial charge in [-0.1, -0.05) is 36.4 Å². The van der Waals surface area contributed by atoms with Crippen LogP contribution in [0.2, 0.25) is 0 Å². The molecule has 0 fully saturated rings. The van der Waals surface area contributed by atoms with Crippen LogP contribution in [-0.2, 0) is 13.2 Å². The molecule has 0 saturated carbocycles.